The number of pyridine rings is 1. The molecule has 1 aromatic carbocycles. The van der Waals surface area contributed by atoms with Crippen molar-refractivity contribution in [3.8, 4) is 28.5 Å². The van der Waals surface area contributed by atoms with Crippen LogP contribution in [0.4, 0.5) is 5.82 Å². The molecule has 0 aliphatic carbocycles. The molecule has 194 valence electrons. The van der Waals surface area contributed by atoms with Gasteiger partial charge in [0.15, 0.2) is 11.5 Å². The molecule has 0 fully saturated rings. The molecular weight excluding hydrogens is 480 g/mol. The van der Waals surface area contributed by atoms with Gasteiger partial charge in [-0.2, -0.15) is 0 Å². The quantitative estimate of drug-likeness (QED) is 0.367. The van der Waals surface area contributed by atoms with E-state index < -0.39 is 0 Å². The van der Waals surface area contributed by atoms with Crippen LogP contribution in [0.3, 0.4) is 0 Å². The molecule has 1 amide bonds. The Hall–Kier alpha value is -4.66. The van der Waals surface area contributed by atoms with Gasteiger partial charge in [0.1, 0.15) is 17.8 Å². The maximum absolute atomic E-state index is 12.3. The minimum atomic E-state index is -0.0920. The van der Waals surface area contributed by atoms with Crippen LogP contribution in [-0.2, 0) is 11.8 Å². The van der Waals surface area contributed by atoms with E-state index >= 15 is 0 Å². The highest BCUT2D eigenvalue weighted by Gasteiger charge is 2.28. The van der Waals surface area contributed by atoms with Crippen molar-refractivity contribution in [3.05, 3.63) is 72.8 Å². The van der Waals surface area contributed by atoms with Gasteiger partial charge in [-0.15, -0.1) is 0 Å². The number of aryl methyl sites for hydroxylation is 2. The van der Waals surface area contributed by atoms with Crippen LogP contribution in [-0.4, -0.2) is 50.0 Å². The van der Waals surface area contributed by atoms with Crippen molar-refractivity contribution in [2.45, 2.75) is 26.3 Å². The second-order valence-electron chi connectivity index (χ2n) is 9.24. The summed E-state index contributed by atoms with van der Waals surface area (Å²) in [6, 6.07) is 11.3. The molecule has 3 aromatic heterocycles. The van der Waals surface area contributed by atoms with Gasteiger partial charge in [0, 0.05) is 37.0 Å². The smallest absolute Gasteiger partial charge is 0.246 e. The van der Waals surface area contributed by atoms with Crippen molar-refractivity contribution in [1.29, 1.82) is 0 Å². The Labute approximate surface area is 221 Å². The Morgan fingerprint density at radius 3 is 2.74 bits per heavy atom. The molecule has 0 saturated carbocycles. The fourth-order valence-corrected chi connectivity index (χ4v) is 5.06. The maximum atomic E-state index is 12.3. The number of aromatic nitrogens is 4. The van der Waals surface area contributed by atoms with Crippen LogP contribution < -0.4 is 15.2 Å². The van der Waals surface area contributed by atoms with Crippen LogP contribution in [0, 0.1) is 6.92 Å². The maximum Gasteiger partial charge on any atom is 0.246 e. The molecule has 1 atom stereocenters. The summed E-state index contributed by atoms with van der Waals surface area (Å²) in [6.45, 7) is 8.14. The zero-order valence-corrected chi connectivity index (χ0v) is 21.9. The lowest BCUT2D eigenvalue weighted by Crippen LogP contribution is -2.39. The van der Waals surface area contributed by atoms with Crippen molar-refractivity contribution >= 4 is 28.3 Å². The fourth-order valence-electron chi connectivity index (χ4n) is 5.06. The van der Waals surface area contributed by atoms with Crippen LogP contribution >= 0.6 is 0 Å². The minimum Gasteiger partial charge on any atom is -0.493 e. The van der Waals surface area contributed by atoms with Crippen molar-refractivity contribution < 1.29 is 14.3 Å². The van der Waals surface area contributed by atoms with Gasteiger partial charge in [-0.25, -0.2) is 15.0 Å². The Balaban J connectivity index is 1.66. The summed E-state index contributed by atoms with van der Waals surface area (Å²) in [5.41, 5.74) is 11.9. The van der Waals surface area contributed by atoms with Gasteiger partial charge >= 0.3 is 0 Å². The third-order valence-corrected chi connectivity index (χ3v) is 6.84. The number of methoxy groups -OCH3 is 1. The van der Waals surface area contributed by atoms with Crippen molar-refractivity contribution in [2.75, 3.05) is 19.4 Å². The largest absolute Gasteiger partial charge is 0.493 e. The van der Waals surface area contributed by atoms with E-state index in [4.69, 9.17) is 15.2 Å². The lowest BCUT2D eigenvalue weighted by Gasteiger charge is -2.32. The highest BCUT2D eigenvalue weighted by Crippen LogP contribution is 2.44. The number of nitrogens with two attached hydrogens (primary N) is 1. The fraction of sp³-hybridized carbons (Fsp3) is 0.241. The van der Waals surface area contributed by atoms with E-state index in [1.54, 1.807) is 13.2 Å². The molecule has 1 unspecified atom stereocenters. The molecule has 0 spiro atoms. The Morgan fingerprint density at radius 1 is 1.21 bits per heavy atom. The molecule has 9 nitrogen and oxygen atoms in total. The minimum absolute atomic E-state index is 0.0800. The van der Waals surface area contributed by atoms with E-state index in [-0.39, 0.29) is 11.9 Å². The first-order valence-corrected chi connectivity index (χ1v) is 12.3. The topological polar surface area (TPSA) is 108 Å². The second kappa shape index (κ2) is 10.0. The first kappa shape index (κ1) is 25.0. The summed E-state index contributed by atoms with van der Waals surface area (Å²) in [5, 5.41) is 0.763. The molecule has 2 N–H and O–H groups in total. The molecule has 5 rings (SSSR count). The molecule has 4 heterocycles. The predicted octanol–water partition coefficient (Wildman–Crippen LogP) is 4.91. The van der Waals surface area contributed by atoms with Gasteiger partial charge in [0.25, 0.3) is 0 Å². The van der Waals surface area contributed by atoms with Crippen LogP contribution in [0.2, 0.25) is 0 Å². The number of carbonyl (C=O) groups excluding carboxylic acids is 1. The number of nitrogen functional groups attached to an aromatic ring is 1. The molecule has 1 aliphatic heterocycles. The number of nitrogens with zero attached hydrogens (tertiary/aromatic N) is 5. The van der Waals surface area contributed by atoms with E-state index in [0.717, 1.165) is 39.1 Å². The van der Waals surface area contributed by atoms with Gasteiger partial charge in [0.05, 0.1) is 18.2 Å². The Kier molecular flexibility index (Phi) is 6.59. The van der Waals surface area contributed by atoms with E-state index in [9.17, 15) is 4.79 Å². The summed E-state index contributed by atoms with van der Waals surface area (Å²) in [4.78, 5) is 27.4. The average Bonchev–Trinajstić information content (AvgIpc) is 3.22. The predicted molar refractivity (Wildman–Crippen MR) is 148 cm³/mol. The summed E-state index contributed by atoms with van der Waals surface area (Å²) >= 11 is 0. The average molecular weight is 511 g/mol. The molecule has 0 bridgehead atoms. The molecular formula is C29H30N6O3. The van der Waals surface area contributed by atoms with Gasteiger partial charge < -0.3 is 24.7 Å². The third kappa shape index (κ3) is 4.36. The van der Waals surface area contributed by atoms with E-state index in [2.05, 4.69) is 27.6 Å². The second-order valence-corrected chi connectivity index (χ2v) is 9.24. The van der Waals surface area contributed by atoms with Crippen molar-refractivity contribution in [1.82, 2.24) is 24.4 Å². The molecule has 0 saturated heterocycles. The summed E-state index contributed by atoms with van der Waals surface area (Å²) in [5.74, 6) is 1.90. The first-order chi connectivity index (χ1) is 18.3. The van der Waals surface area contributed by atoms with E-state index in [1.807, 2.05) is 60.7 Å². The van der Waals surface area contributed by atoms with Crippen LogP contribution in [0.25, 0.3) is 27.7 Å². The molecule has 0 radical (unpaired) electrons. The summed E-state index contributed by atoms with van der Waals surface area (Å²) in [7, 11) is 3.58. The van der Waals surface area contributed by atoms with E-state index in [0.29, 0.717) is 36.2 Å². The van der Waals surface area contributed by atoms with Gasteiger partial charge in [-0.3, -0.25) is 4.79 Å². The number of ether oxygens (including phenoxy) is 2. The normalized spacial score (nSPS) is 15.3. The number of hydrogen-bond acceptors (Lipinski definition) is 7. The zero-order valence-electron chi connectivity index (χ0n) is 21.9. The van der Waals surface area contributed by atoms with Gasteiger partial charge in [-0.1, -0.05) is 24.8 Å². The Morgan fingerprint density at radius 2 is 2.03 bits per heavy atom. The number of amides is 1. The number of hydrogen-bond donors (Lipinski definition) is 1. The monoisotopic (exact) mass is 510 g/mol. The highest BCUT2D eigenvalue weighted by atomic mass is 16.5. The molecule has 38 heavy (non-hydrogen) atoms. The molecule has 9 heteroatoms. The zero-order chi connectivity index (χ0) is 27.0. The Bertz CT molecular complexity index is 1590. The first-order valence-electron chi connectivity index (χ1n) is 12.3. The lowest BCUT2D eigenvalue weighted by molar-refractivity contribution is -0.127. The van der Waals surface area contributed by atoms with Gasteiger partial charge in [-0.05, 0) is 55.7 Å². The van der Waals surface area contributed by atoms with Crippen LogP contribution in [0.5, 0.6) is 17.4 Å². The van der Waals surface area contributed by atoms with Crippen molar-refractivity contribution in [2.24, 2.45) is 7.05 Å². The standard InChI is InChI=1S/C29H30N6O3/c1-6-24(36)35-13-12-20(14-18(35)3)27-25(26-28(30)31-16-32-29(26)34(27)4)19-10-11-21(22(15-19)37-5)38-23-9-7-8-17(2)33-23/h6-11,14-16,18H,1,12-13H2,2-5H3,(H2,30,31,32). The van der Waals surface area contributed by atoms with Crippen molar-refractivity contribution in [3.63, 3.8) is 0 Å². The van der Waals surface area contributed by atoms with Gasteiger partial charge in [0.2, 0.25) is 11.8 Å². The number of fused-ring (bicyclic) bond motifs is 1. The number of benzene rings is 1. The van der Waals surface area contributed by atoms with E-state index in [1.165, 1.54) is 12.4 Å². The van der Waals surface area contributed by atoms with Crippen LogP contribution in [0.15, 0.2) is 61.5 Å². The lowest BCUT2D eigenvalue weighted by atomic mass is 9.93. The highest BCUT2D eigenvalue weighted by molar-refractivity contribution is 6.06. The SMILES string of the molecule is C=CC(=O)N1CCC(c2c(-c3ccc(Oc4cccc(C)n4)c(OC)c3)c3c(N)ncnc3n2C)=CC1C. The van der Waals surface area contributed by atoms with Crippen LogP contribution in [0.1, 0.15) is 24.7 Å². The summed E-state index contributed by atoms with van der Waals surface area (Å²) in [6.07, 6.45) is 5.62. The summed E-state index contributed by atoms with van der Waals surface area (Å²) < 4.78 is 13.8. The number of carbonyl (C=O) groups is 1. The number of rotatable bonds is 6. The molecule has 4 aromatic rings. The molecule has 1 aliphatic rings. The number of anilines is 1. The third-order valence-electron chi connectivity index (χ3n) is 6.84.